The first-order valence-corrected chi connectivity index (χ1v) is 4.86. The van der Waals surface area contributed by atoms with Crippen molar-refractivity contribution in [1.29, 1.82) is 0 Å². The molecule has 0 aliphatic carbocycles. The van der Waals surface area contributed by atoms with Gasteiger partial charge < -0.3 is 10.0 Å². The fourth-order valence-corrected chi connectivity index (χ4v) is 2.14. The van der Waals surface area contributed by atoms with Gasteiger partial charge in [-0.15, -0.1) is 0 Å². The van der Waals surface area contributed by atoms with Crippen LogP contribution in [0.4, 0.5) is 5.69 Å². The van der Waals surface area contributed by atoms with Crippen LogP contribution in [0.2, 0.25) is 0 Å². The average molecular weight is 205 g/mol. The number of rotatable bonds is 0. The average Bonchev–Trinajstić information content (AvgIpc) is 2.78. The third-order valence-electron chi connectivity index (χ3n) is 3.17. The molecular formula is C10H11N3O2. The normalized spacial score (nSPS) is 24.9. The Kier molecular flexibility index (Phi) is 1.56. The van der Waals surface area contributed by atoms with E-state index in [1.54, 1.807) is 0 Å². The molecule has 5 heteroatoms. The lowest BCUT2D eigenvalue weighted by molar-refractivity contribution is 0.163. The van der Waals surface area contributed by atoms with Gasteiger partial charge >= 0.3 is 0 Å². The van der Waals surface area contributed by atoms with Crippen molar-refractivity contribution in [2.75, 3.05) is 11.9 Å². The number of hydrogen-bond donors (Lipinski definition) is 1. The molecule has 2 atom stereocenters. The van der Waals surface area contributed by atoms with Gasteiger partial charge in [0.15, 0.2) is 5.52 Å². The molecule has 0 saturated carbocycles. The van der Waals surface area contributed by atoms with Crippen molar-refractivity contribution in [3.05, 3.63) is 17.7 Å². The van der Waals surface area contributed by atoms with Gasteiger partial charge in [0.05, 0.1) is 11.7 Å². The van der Waals surface area contributed by atoms with E-state index in [2.05, 4.69) is 10.3 Å². The third-order valence-corrected chi connectivity index (χ3v) is 3.17. The minimum atomic E-state index is -0.467. The van der Waals surface area contributed by atoms with E-state index in [1.807, 2.05) is 31.0 Å². The summed E-state index contributed by atoms with van der Waals surface area (Å²) in [5.41, 5.74) is 3.27. The number of nitrogens with zero attached hydrogens (tertiary/aromatic N) is 3. The smallest absolute Gasteiger partial charge is 0.158 e. The first kappa shape index (κ1) is 8.67. The zero-order valence-corrected chi connectivity index (χ0v) is 8.51. The summed E-state index contributed by atoms with van der Waals surface area (Å²) >= 11 is 0. The fourth-order valence-electron chi connectivity index (χ4n) is 2.14. The van der Waals surface area contributed by atoms with Crippen LogP contribution >= 0.6 is 0 Å². The molecule has 0 amide bonds. The van der Waals surface area contributed by atoms with Gasteiger partial charge in [0.1, 0.15) is 11.6 Å². The Morgan fingerprint density at radius 2 is 2.20 bits per heavy atom. The van der Waals surface area contributed by atoms with Crippen molar-refractivity contribution in [2.45, 2.75) is 19.1 Å². The molecule has 1 aromatic carbocycles. The van der Waals surface area contributed by atoms with Crippen molar-refractivity contribution in [3.8, 4) is 0 Å². The molecule has 3 rings (SSSR count). The summed E-state index contributed by atoms with van der Waals surface area (Å²) in [5, 5.41) is 17.7. The lowest BCUT2D eigenvalue weighted by Gasteiger charge is -2.19. The predicted octanol–water partition coefficient (Wildman–Crippen LogP) is 1.09. The lowest BCUT2D eigenvalue weighted by atomic mass is 10.1. The van der Waals surface area contributed by atoms with Crippen LogP contribution in [0.15, 0.2) is 16.8 Å². The molecule has 0 saturated heterocycles. The number of aliphatic hydroxyl groups is 1. The summed E-state index contributed by atoms with van der Waals surface area (Å²) in [6.07, 6.45) is -0.467. The predicted molar refractivity (Wildman–Crippen MR) is 54.6 cm³/mol. The highest BCUT2D eigenvalue weighted by atomic mass is 16.6. The minimum Gasteiger partial charge on any atom is -0.386 e. The number of fused-ring (bicyclic) bond motifs is 3. The van der Waals surface area contributed by atoms with E-state index < -0.39 is 6.10 Å². The Bertz CT molecular complexity index is 522. The van der Waals surface area contributed by atoms with Crippen molar-refractivity contribution in [2.24, 2.45) is 0 Å². The second-order valence-electron chi connectivity index (χ2n) is 3.93. The number of aliphatic hydroxyl groups excluding tert-OH is 1. The molecule has 15 heavy (non-hydrogen) atoms. The molecular weight excluding hydrogens is 194 g/mol. The standard InChI is InChI=1S/C10H11N3O2/c1-5-10(14)6-3-4-7-8(12-15-11-7)9(6)13(5)2/h3-5,10,14H,1-2H3. The molecule has 1 aliphatic heterocycles. The zero-order chi connectivity index (χ0) is 10.6. The summed E-state index contributed by atoms with van der Waals surface area (Å²) in [7, 11) is 1.94. The molecule has 0 spiro atoms. The molecule has 1 N–H and O–H groups in total. The summed E-state index contributed by atoms with van der Waals surface area (Å²) in [4.78, 5) is 2.01. The molecule has 5 nitrogen and oxygen atoms in total. The van der Waals surface area contributed by atoms with Crippen molar-refractivity contribution >= 4 is 16.7 Å². The molecule has 2 aromatic rings. The van der Waals surface area contributed by atoms with E-state index in [1.165, 1.54) is 0 Å². The molecule has 78 valence electrons. The van der Waals surface area contributed by atoms with Crippen LogP contribution in [0.5, 0.6) is 0 Å². The zero-order valence-electron chi connectivity index (χ0n) is 8.51. The summed E-state index contributed by atoms with van der Waals surface area (Å²) in [6.45, 7) is 1.98. The fraction of sp³-hybridized carbons (Fsp3) is 0.400. The highest BCUT2D eigenvalue weighted by Crippen LogP contribution is 2.41. The van der Waals surface area contributed by atoms with E-state index in [-0.39, 0.29) is 6.04 Å². The second kappa shape index (κ2) is 2.70. The molecule has 2 heterocycles. The van der Waals surface area contributed by atoms with Gasteiger partial charge in [-0.1, -0.05) is 6.07 Å². The number of likely N-dealkylation sites (N-methyl/N-ethyl adjacent to an activating group) is 1. The molecule has 1 aromatic heterocycles. The summed E-state index contributed by atoms with van der Waals surface area (Å²) < 4.78 is 4.70. The Labute approximate surface area is 86.3 Å². The van der Waals surface area contributed by atoms with E-state index >= 15 is 0 Å². The van der Waals surface area contributed by atoms with Crippen LogP contribution in [-0.4, -0.2) is 28.5 Å². The molecule has 1 aliphatic rings. The van der Waals surface area contributed by atoms with Crippen molar-refractivity contribution in [1.82, 2.24) is 10.3 Å². The number of anilines is 1. The van der Waals surface area contributed by atoms with Gasteiger partial charge in [0.2, 0.25) is 0 Å². The van der Waals surface area contributed by atoms with Crippen molar-refractivity contribution in [3.63, 3.8) is 0 Å². The monoisotopic (exact) mass is 205 g/mol. The van der Waals surface area contributed by atoms with Crippen LogP contribution in [-0.2, 0) is 0 Å². The molecule has 0 bridgehead atoms. The van der Waals surface area contributed by atoms with E-state index in [9.17, 15) is 5.11 Å². The van der Waals surface area contributed by atoms with Gasteiger partial charge in [-0.05, 0) is 23.3 Å². The molecule has 0 fully saturated rings. The quantitative estimate of drug-likeness (QED) is 0.697. The van der Waals surface area contributed by atoms with Crippen LogP contribution in [0.25, 0.3) is 11.0 Å². The van der Waals surface area contributed by atoms with Gasteiger partial charge in [0.25, 0.3) is 0 Å². The number of benzene rings is 1. The molecule has 0 radical (unpaired) electrons. The first-order chi connectivity index (χ1) is 7.20. The van der Waals surface area contributed by atoms with E-state index in [0.29, 0.717) is 0 Å². The Morgan fingerprint density at radius 1 is 1.40 bits per heavy atom. The lowest BCUT2D eigenvalue weighted by Crippen LogP contribution is -2.27. The molecule has 2 unspecified atom stereocenters. The maximum atomic E-state index is 10.00. The second-order valence-corrected chi connectivity index (χ2v) is 3.93. The van der Waals surface area contributed by atoms with E-state index in [4.69, 9.17) is 4.63 Å². The van der Waals surface area contributed by atoms with E-state index in [0.717, 1.165) is 22.3 Å². The Morgan fingerprint density at radius 3 is 3.00 bits per heavy atom. The summed E-state index contributed by atoms with van der Waals surface area (Å²) in [6, 6.07) is 3.76. The maximum absolute atomic E-state index is 10.00. The van der Waals surface area contributed by atoms with Gasteiger partial charge in [-0.25, -0.2) is 4.63 Å². The van der Waals surface area contributed by atoms with Crippen molar-refractivity contribution < 1.29 is 9.74 Å². The van der Waals surface area contributed by atoms with Crippen LogP contribution < -0.4 is 4.90 Å². The van der Waals surface area contributed by atoms with Gasteiger partial charge in [-0.3, -0.25) is 0 Å². The highest BCUT2D eigenvalue weighted by Gasteiger charge is 2.34. The Balaban J connectivity index is 2.36. The van der Waals surface area contributed by atoms with Crippen LogP contribution in [0.3, 0.4) is 0 Å². The first-order valence-electron chi connectivity index (χ1n) is 4.86. The SMILES string of the molecule is CC1C(O)c2ccc3nonc3c2N1C. The third kappa shape index (κ3) is 0.955. The largest absolute Gasteiger partial charge is 0.386 e. The van der Waals surface area contributed by atoms with Crippen LogP contribution in [0.1, 0.15) is 18.6 Å². The van der Waals surface area contributed by atoms with Crippen LogP contribution in [0, 0.1) is 0 Å². The summed E-state index contributed by atoms with van der Waals surface area (Å²) in [5.74, 6) is 0. The van der Waals surface area contributed by atoms with Gasteiger partial charge in [0, 0.05) is 12.6 Å². The highest BCUT2D eigenvalue weighted by molar-refractivity contribution is 5.91. The Hall–Kier alpha value is -1.62. The topological polar surface area (TPSA) is 62.4 Å². The minimum absolute atomic E-state index is 0.0577. The number of aromatic nitrogens is 2. The maximum Gasteiger partial charge on any atom is 0.158 e. The number of hydrogen-bond acceptors (Lipinski definition) is 5. The van der Waals surface area contributed by atoms with Gasteiger partial charge in [-0.2, -0.15) is 0 Å².